The predicted molar refractivity (Wildman–Crippen MR) is 75.1 cm³/mol. The van der Waals surface area contributed by atoms with Gasteiger partial charge in [-0.1, -0.05) is 6.07 Å². The first-order valence-corrected chi connectivity index (χ1v) is 6.27. The lowest BCUT2D eigenvalue weighted by atomic mass is 10.0. The van der Waals surface area contributed by atoms with Crippen molar-refractivity contribution in [1.82, 2.24) is 4.90 Å². The van der Waals surface area contributed by atoms with Gasteiger partial charge in [0.2, 0.25) is 0 Å². The van der Waals surface area contributed by atoms with Crippen molar-refractivity contribution < 1.29 is 0 Å². The Morgan fingerprint density at radius 1 is 1.41 bits per heavy atom. The number of likely N-dealkylation sites (N-methyl/N-ethyl adjacent to an activating group) is 1. The van der Waals surface area contributed by atoms with Gasteiger partial charge in [0.15, 0.2) is 0 Å². The second kappa shape index (κ2) is 5.52. The van der Waals surface area contributed by atoms with Crippen molar-refractivity contribution in [2.45, 2.75) is 19.4 Å². The first kappa shape index (κ1) is 14.0. The van der Waals surface area contributed by atoms with E-state index < -0.39 is 0 Å². The molecule has 0 saturated carbocycles. The molecule has 0 heterocycles. The topological polar surface area (TPSA) is 39.1 Å². The highest BCUT2D eigenvalue weighted by molar-refractivity contribution is 9.10. The molecule has 0 spiro atoms. The summed E-state index contributed by atoms with van der Waals surface area (Å²) >= 11 is 3.38. The van der Waals surface area contributed by atoms with Crippen LogP contribution in [0.25, 0.3) is 0 Å². The van der Waals surface area contributed by atoms with Crippen LogP contribution in [-0.4, -0.2) is 31.1 Å². The summed E-state index contributed by atoms with van der Waals surface area (Å²) in [5.74, 6) is 0. The first-order chi connectivity index (χ1) is 7.88. The molecule has 4 heteroatoms. The fraction of sp³-hybridized carbons (Fsp3) is 0.462. The number of hydrogen-bond acceptors (Lipinski definition) is 3. The van der Waals surface area contributed by atoms with Crippen LogP contribution in [0.5, 0.6) is 0 Å². The van der Waals surface area contributed by atoms with E-state index in [-0.39, 0.29) is 5.54 Å². The predicted octanol–water partition coefficient (Wildman–Crippen LogP) is 3.07. The molecule has 0 aliphatic heterocycles. The van der Waals surface area contributed by atoms with Crippen LogP contribution >= 0.6 is 15.9 Å². The van der Waals surface area contributed by atoms with Gasteiger partial charge < -0.3 is 10.2 Å². The Balaban J connectivity index is 2.84. The summed E-state index contributed by atoms with van der Waals surface area (Å²) in [5, 5.41) is 12.4. The van der Waals surface area contributed by atoms with Gasteiger partial charge in [0.05, 0.1) is 11.3 Å². The molecule has 1 aromatic carbocycles. The minimum absolute atomic E-state index is 0.0367. The van der Waals surface area contributed by atoms with Gasteiger partial charge in [-0.05, 0) is 56.0 Å². The Morgan fingerprint density at radius 2 is 2.06 bits per heavy atom. The number of hydrogen-bond donors (Lipinski definition) is 1. The van der Waals surface area contributed by atoms with E-state index in [0.29, 0.717) is 5.56 Å². The summed E-state index contributed by atoms with van der Waals surface area (Å²) < 4.78 is 0.827. The van der Waals surface area contributed by atoms with E-state index in [0.717, 1.165) is 16.7 Å². The average molecular weight is 296 g/mol. The molecule has 0 aliphatic rings. The number of nitrogens with one attached hydrogen (secondary N) is 1. The van der Waals surface area contributed by atoms with Crippen LogP contribution in [0.15, 0.2) is 22.7 Å². The highest BCUT2D eigenvalue weighted by atomic mass is 79.9. The molecule has 0 unspecified atom stereocenters. The molecule has 0 atom stereocenters. The smallest absolute Gasteiger partial charge is 0.103 e. The lowest BCUT2D eigenvalue weighted by Crippen LogP contribution is -2.44. The number of nitrogens with zero attached hydrogens (tertiary/aromatic N) is 2. The summed E-state index contributed by atoms with van der Waals surface area (Å²) in [6.45, 7) is 5.10. The Morgan fingerprint density at radius 3 is 2.59 bits per heavy atom. The quantitative estimate of drug-likeness (QED) is 0.928. The van der Waals surface area contributed by atoms with E-state index in [4.69, 9.17) is 5.26 Å². The average Bonchev–Trinajstić information content (AvgIpc) is 2.26. The van der Waals surface area contributed by atoms with Crippen molar-refractivity contribution in [3.05, 3.63) is 28.2 Å². The molecule has 0 amide bonds. The summed E-state index contributed by atoms with van der Waals surface area (Å²) in [6.07, 6.45) is 0. The van der Waals surface area contributed by atoms with Crippen molar-refractivity contribution in [2.75, 3.05) is 26.0 Å². The van der Waals surface area contributed by atoms with E-state index in [9.17, 15) is 0 Å². The summed E-state index contributed by atoms with van der Waals surface area (Å²) in [7, 11) is 4.10. The van der Waals surface area contributed by atoms with Crippen LogP contribution < -0.4 is 5.32 Å². The monoisotopic (exact) mass is 295 g/mol. The number of benzene rings is 1. The van der Waals surface area contributed by atoms with Gasteiger partial charge >= 0.3 is 0 Å². The minimum atomic E-state index is 0.0367. The van der Waals surface area contributed by atoms with Gasteiger partial charge in [0.1, 0.15) is 6.07 Å². The fourth-order valence-corrected chi connectivity index (χ4v) is 1.71. The Hall–Kier alpha value is -1.05. The molecule has 92 valence electrons. The molecule has 0 aromatic heterocycles. The third-order valence-electron chi connectivity index (χ3n) is 3.05. The van der Waals surface area contributed by atoms with Crippen LogP contribution in [0.4, 0.5) is 5.69 Å². The molecule has 0 bridgehead atoms. The van der Waals surface area contributed by atoms with E-state index in [1.54, 1.807) is 0 Å². The van der Waals surface area contributed by atoms with Gasteiger partial charge in [0, 0.05) is 16.6 Å². The van der Waals surface area contributed by atoms with Gasteiger partial charge in [0.25, 0.3) is 0 Å². The molecule has 17 heavy (non-hydrogen) atoms. The summed E-state index contributed by atoms with van der Waals surface area (Å²) in [5.41, 5.74) is 1.56. The van der Waals surface area contributed by atoms with Crippen LogP contribution in [0.1, 0.15) is 19.4 Å². The Kier molecular flexibility index (Phi) is 4.55. The Labute approximate surface area is 112 Å². The SMILES string of the molecule is CN(C)C(C)(C)CNc1cccc(Br)c1C#N. The summed E-state index contributed by atoms with van der Waals surface area (Å²) in [4.78, 5) is 2.16. The second-order valence-corrected chi connectivity index (χ2v) is 5.69. The normalized spacial score (nSPS) is 11.4. The largest absolute Gasteiger partial charge is 0.382 e. The van der Waals surface area contributed by atoms with E-state index >= 15 is 0 Å². The van der Waals surface area contributed by atoms with Crippen molar-refractivity contribution in [3.63, 3.8) is 0 Å². The minimum Gasteiger partial charge on any atom is -0.382 e. The number of rotatable bonds is 4. The Bertz CT molecular complexity index is 433. The molecular formula is C13H18BrN3. The number of anilines is 1. The van der Waals surface area contributed by atoms with Gasteiger partial charge in [-0.2, -0.15) is 5.26 Å². The lowest BCUT2D eigenvalue weighted by molar-refractivity contribution is 0.210. The van der Waals surface area contributed by atoms with E-state index in [1.165, 1.54) is 0 Å². The zero-order chi connectivity index (χ0) is 13.1. The van der Waals surface area contributed by atoms with E-state index in [2.05, 4.69) is 46.1 Å². The maximum Gasteiger partial charge on any atom is 0.103 e. The molecular weight excluding hydrogens is 278 g/mol. The fourth-order valence-electron chi connectivity index (χ4n) is 1.25. The zero-order valence-corrected chi connectivity index (χ0v) is 12.3. The summed E-state index contributed by atoms with van der Waals surface area (Å²) in [6, 6.07) is 7.93. The zero-order valence-electron chi connectivity index (χ0n) is 10.7. The van der Waals surface area contributed by atoms with Crippen LogP contribution in [0.2, 0.25) is 0 Å². The molecule has 3 nitrogen and oxygen atoms in total. The highest BCUT2D eigenvalue weighted by Gasteiger charge is 2.20. The van der Waals surface area contributed by atoms with Gasteiger partial charge in [-0.15, -0.1) is 0 Å². The van der Waals surface area contributed by atoms with Crippen molar-refractivity contribution in [3.8, 4) is 6.07 Å². The van der Waals surface area contributed by atoms with Crippen molar-refractivity contribution in [1.29, 1.82) is 5.26 Å². The van der Waals surface area contributed by atoms with Gasteiger partial charge in [-0.3, -0.25) is 0 Å². The molecule has 1 rings (SSSR count). The first-order valence-electron chi connectivity index (χ1n) is 5.48. The number of nitriles is 1. The van der Waals surface area contributed by atoms with E-state index in [1.807, 2.05) is 32.3 Å². The van der Waals surface area contributed by atoms with Crippen LogP contribution in [-0.2, 0) is 0 Å². The second-order valence-electron chi connectivity index (χ2n) is 4.83. The highest BCUT2D eigenvalue weighted by Crippen LogP contribution is 2.24. The van der Waals surface area contributed by atoms with Crippen molar-refractivity contribution >= 4 is 21.6 Å². The molecule has 0 radical (unpaired) electrons. The maximum absolute atomic E-state index is 9.11. The molecule has 0 aliphatic carbocycles. The lowest BCUT2D eigenvalue weighted by Gasteiger charge is -2.33. The number of halogens is 1. The third kappa shape index (κ3) is 3.45. The van der Waals surface area contributed by atoms with Crippen LogP contribution in [0, 0.1) is 11.3 Å². The van der Waals surface area contributed by atoms with Crippen LogP contribution in [0.3, 0.4) is 0 Å². The van der Waals surface area contributed by atoms with Crippen molar-refractivity contribution in [2.24, 2.45) is 0 Å². The third-order valence-corrected chi connectivity index (χ3v) is 3.71. The molecule has 1 N–H and O–H groups in total. The maximum atomic E-state index is 9.11. The molecule has 0 saturated heterocycles. The molecule has 0 fully saturated rings. The standard InChI is InChI=1S/C13H18BrN3/c1-13(2,17(3)4)9-16-12-7-5-6-11(14)10(12)8-15/h5-7,16H,9H2,1-4H3. The molecule has 1 aromatic rings. The van der Waals surface area contributed by atoms with Gasteiger partial charge in [-0.25, -0.2) is 0 Å².